The van der Waals surface area contributed by atoms with Gasteiger partial charge in [0.2, 0.25) is 17.7 Å². The standard InChI is InChI=1S/C20H36N4O7/c1-6-10(3)15(23-18(28)13(21)8-9-14(25)26)19(29)22-12(5)17(27)24-16(20(30)31)11(4)7-2/h10-13,15-16H,6-9,21H2,1-5H3,(H,22,29)(H,23,28)(H,24,27)(H,25,26)(H,30,31). The summed E-state index contributed by atoms with van der Waals surface area (Å²) >= 11 is 0. The smallest absolute Gasteiger partial charge is 0.326 e. The molecule has 31 heavy (non-hydrogen) atoms. The number of hydrogen-bond acceptors (Lipinski definition) is 6. The predicted molar refractivity (Wildman–Crippen MR) is 113 cm³/mol. The van der Waals surface area contributed by atoms with E-state index in [1.54, 1.807) is 20.8 Å². The van der Waals surface area contributed by atoms with E-state index >= 15 is 0 Å². The molecule has 178 valence electrons. The third-order valence-corrected chi connectivity index (χ3v) is 5.33. The normalized spacial score (nSPS) is 16.7. The van der Waals surface area contributed by atoms with Crippen LogP contribution in [0.2, 0.25) is 0 Å². The van der Waals surface area contributed by atoms with Crippen LogP contribution in [0, 0.1) is 11.8 Å². The Balaban J connectivity index is 5.14. The number of nitrogens with two attached hydrogens (primary N) is 1. The minimum Gasteiger partial charge on any atom is -0.481 e. The molecule has 0 aliphatic heterocycles. The van der Waals surface area contributed by atoms with Crippen LogP contribution in [0.5, 0.6) is 0 Å². The highest BCUT2D eigenvalue weighted by Gasteiger charge is 2.32. The highest BCUT2D eigenvalue weighted by Crippen LogP contribution is 2.10. The first-order valence-corrected chi connectivity index (χ1v) is 10.5. The quantitative estimate of drug-likeness (QED) is 0.213. The molecule has 6 atom stereocenters. The summed E-state index contributed by atoms with van der Waals surface area (Å²) in [6, 6.07) is -4.21. The average Bonchev–Trinajstić information content (AvgIpc) is 2.71. The van der Waals surface area contributed by atoms with Crippen LogP contribution in [-0.2, 0) is 24.0 Å². The van der Waals surface area contributed by atoms with Gasteiger partial charge in [0.15, 0.2) is 0 Å². The second-order valence-electron chi connectivity index (χ2n) is 7.85. The fourth-order valence-corrected chi connectivity index (χ4v) is 2.70. The maximum absolute atomic E-state index is 12.7. The van der Waals surface area contributed by atoms with Crippen LogP contribution in [0.3, 0.4) is 0 Å². The lowest BCUT2D eigenvalue weighted by molar-refractivity contribution is -0.144. The van der Waals surface area contributed by atoms with Gasteiger partial charge in [0.05, 0.1) is 6.04 Å². The molecule has 0 fully saturated rings. The maximum Gasteiger partial charge on any atom is 0.326 e. The highest BCUT2D eigenvalue weighted by molar-refractivity contribution is 5.94. The van der Waals surface area contributed by atoms with Gasteiger partial charge in [-0.1, -0.05) is 40.5 Å². The van der Waals surface area contributed by atoms with Crippen molar-refractivity contribution >= 4 is 29.7 Å². The molecule has 0 rings (SSSR count). The van der Waals surface area contributed by atoms with Gasteiger partial charge < -0.3 is 31.9 Å². The van der Waals surface area contributed by atoms with Crippen LogP contribution in [-0.4, -0.2) is 64.0 Å². The molecule has 0 aliphatic carbocycles. The lowest BCUT2D eigenvalue weighted by Gasteiger charge is -2.27. The third kappa shape index (κ3) is 9.77. The lowest BCUT2D eigenvalue weighted by atomic mass is 9.97. The molecule has 7 N–H and O–H groups in total. The van der Waals surface area contributed by atoms with Crippen molar-refractivity contribution in [3.63, 3.8) is 0 Å². The van der Waals surface area contributed by atoms with E-state index in [1.807, 2.05) is 6.92 Å². The minimum absolute atomic E-state index is 0.0823. The summed E-state index contributed by atoms with van der Waals surface area (Å²) in [5.41, 5.74) is 5.70. The summed E-state index contributed by atoms with van der Waals surface area (Å²) in [7, 11) is 0. The minimum atomic E-state index is -1.17. The summed E-state index contributed by atoms with van der Waals surface area (Å²) in [5, 5.41) is 25.5. The number of carboxylic acids is 2. The van der Waals surface area contributed by atoms with Gasteiger partial charge in [-0.25, -0.2) is 4.79 Å². The molecule has 0 aliphatic rings. The molecular formula is C20H36N4O7. The molecule has 0 saturated carbocycles. The van der Waals surface area contributed by atoms with Gasteiger partial charge in [-0.05, 0) is 25.2 Å². The zero-order valence-electron chi connectivity index (χ0n) is 18.8. The first-order chi connectivity index (χ1) is 14.3. The SMILES string of the molecule is CCC(C)C(NC(=O)C(C)NC(=O)C(NC(=O)C(N)CCC(=O)O)C(C)CC)C(=O)O. The summed E-state index contributed by atoms with van der Waals surface area (Å²) in [5.74, 6) is -4.79. The number of carboxylic acid groups (broad SMARTS) is 2. The summed E-state index contributed by atoms with van der Waals surface area (Å²) in [6.45, 7) is 8.47. The summed E-state index contributed by atoms with van der Waals surface area (Å²) in [6.07, 6.45) is 0.717. The Labute approximate surface area is 182 Å². The van der Waals surface area contributed by atoms with E-state index in [0.29, 0.717) is 12.8 Å². The average molecular weight is 445 g/mol. The van der Waals surface area contributed by atoms with Crippen LogP contribution >= 0.6 is 0 Å². The van der Waals surface area contributed by atoms with E-state index < -0.39 is 53.8 Å². The molecule has 0 aromatic heterocycles. The zero-order chi connectivity index (χ0) is 24.3. The Hall–Kier alpha value is -2.69. The van der Waals surface area contributed by atoms with Gasteiger partial charge in [-0.15, -0.1) is 0 Å². The second-order valence-corrected chi connectivity index (χ2v) is 7.85. The van der Waals surface area contributed by atoms with Crippen molar-refractivity contribution in [2.24, 2.45) is 17.6 Å². The molecule has 3 amide bonds. The summed E-state index contributed by atoms with van der Waals surface area (Å²) in [4.78, 5) is 59.5. The largest absolute Gasteiger partial charge is 0.481 e. The van der Waals surface area contributed by atoms with Gasteiger partial charge in [0.25, 0.3) is 0 Å². The molecule has 11 heteroatoms. The second kappa shape index (κ2) is 13.6. The Morgan fingerprint density at radius 2 is 1.26 bits per heavy atom. The van der Waals surface area contributed by atoms with E-state index in [2.05, 4.69) is 16.0 Å². The Morgan fingerprint density at radius 1 is 0.774 bits per heavy atom. The molecule has 0 bridgehead atoms. The van der Waals surface area contributed by atoms with Crippen molar-refractivity contribution < 1.29 is 34.2 Å². The fourth-order valence-electron chi connectivity index (χ4n) is 2.70. The number of nitrogens with one attached hydrogen (secondary N) is 3. The van der Waals surface area contributed by atoms with Crippen molar-refractivity contribution in [1.82, 2.24) is 16.0 Å². The van der Waals surface area contributed by atoms with Gasteiger partial charge >= 0.3 is 11.9 Å². The number of amides is 3. The van der Waals surface area contributed by atoms with Crippen LogP contribution in [0.15, 0.2) is 0 Å². The molecule has 6 unspecified atom stereocenters. The van der Waals surface area contributed by atoms with E-state index in [1.165, 1.54) is 6.92 Å². The van der Waals surface area contributed by atoms with Crippen LogP contribution in [0.4, 0.5) is 0 Å². The van der Waals surface area contributed by atoms with E-state index in [0.717, 1.165) is 0 Å². The van der Waals surface area contributed by atoms with Crippen LogP contribution < -0.4 is 21.7 Å². The number of hydrogen-bond donors (Lipinski definition) is 6. The van der Waals surface area contributed by atoms with Crippen LogP contribution in [0.1, 0.15) is 60.3 Å². The molecule has 0 spiro atoms. The van der Waals surface area contributed by atoms with Gasteiger partial charge in [-0.2, -0.15) is 0 Å². The molecule has 0 radical (unpaired) electrons. The summed E-state index contributed by atoms with van der Waals surface area (Å²) < 4.78 is 0. The topological polar surface area (TPSA) is 188 Å². The Bertz CT molecular complexity index is 655. The number of carbonyl (C=O) groups is 5. The predicted octanol–water partition coefficient (Wildman–Crippen LogP) is -0.170. The third-order valence-electron chi connectivity index (χ3n) is 5.33. The highest BCUT2D eigenvalue weighted by atomic mass is 16.4. The Kier molecular flexibility index (Phi) is 12.4. The van der Waals surface area contributed by atoms with Crippen molar-refractivity contribution in [1.29, 1.82) is 0 Å². The van der Waals surface area contributed by atoms with Crippen molar-refractivity contribution in [2.75, 3.05) is 0 Å². The van der Waals surface area contributed by atoms with Crippen molar-refractivity contribution in [2.45, 2.75) is 84.5 Å². The van der Waals surface area contributed by atoms with Gasteiger partial charge in [0, 0.05) is 6.42 Å². The van der Waals surface area contributed by atoms with Crippen molar-refractivity contribution in [3.05, 3.63) is 0 Å². The maximum atomic E-state index is 12.7. The first kappa shape index (κ1) is 28.3. The van der Waals surface area contributed by atoms with E-state index in [-0.39, 0.29) is 24.7 Å². The zero-order valence-corrected chi connectivity index (χ0v) is 18.8. The van der Waals surface area contributed by atoms with Crippen LogP contribution in [0.25, 0.3) is 0 Å². The van der Waals surface area contributed by atoms with Gasteiger partial charge in [-0.3, -0.25) is 19.2 Å². The van der Waals surface area contributed by atoms with E-state index in [9.17, 15) is 29.1 Å². The molecule has 0 saturated heterocycles. The van der Waals surface area contributed by atoms with Gasteiger partial charge in [0.1, 0.15) is 18.1 Å². The van der Waals surface area contributed by atoms with Crippen molar-refractivity contribution in [3.8, 4) is 0 Å². The molecule has 0 aromatic rings. The lowest BCUT2D eigenvalue weighted by Crippen LogP contribution is -2.58. The monoisotopic (exact) mass is 444 g/mol. The number of aliphatic carboxylic acids is 2. The number of rotatable bonds is 14. The fraction of sp³-hybridized carbons (Fsp3) is 0.750. The number of carbonyl (C=O) groups excluding carboxylic acids is 3. The molecule has 0 heterocycles. The molecule has 0 aromatic carbocycles. The van der Waals surface area contributed by atoms with E-state index in [4.69, 9.17) is 10.8 Å². The molecular weight excluding hydrogens is 408 g/mol. The first-order valence-electron chi connectivity index (χ1n) is 10.5. The molecule has 11 nitrogen and oxygen atoms in total. The Morgan fingerprint density at radius 3 is 1.71 bits per heavy atom.